The highest BCUT2D eigenvalue weighted by atomic mass is 35.5. The van der Waals surface area contributed by atoms with Crippen molar-refractivity contribution in [2.45, 2.75) is 45.1 Å². The number of nitrogens with one attached hydrogen (secondary N) is 1. The first kappa shape index (κ1) is 20.2. The van der Waals surface area contributed by atoms with Crippen molar-refractivity contribution in [2.75, 3.05) is 17.3 Å². The first-order valence-corrected chi connectivity index (χ1v) is 11.1. The summed E-state index contributed by atoms with van der Waals surface area (Å²) in [6.07, 6.45) is 5.80. The number of likely N-dealkylation sites (tertiary alicyclic amines) is 1. The monoisotopic (exact) mass is 408 g/mol. The van der Waals surface area contributed by atoms with Gasteiger partial charge in [-0.3, -0.25) is 19.3 Å². The summed E-state index contributed by atoms with van der Waals surface area (Å²) in [6.45, 7) is 1.92. The minimum absolute atomic E-state index is 0.180. The van der Waals surface area contributed by atoms with Crippen LogP contribution in [0.1, 0.15) is 37.7 Å². The maximum absolute atomic E-state index is 13.0. The second-order valence-corrected chi connectivity index (χ2v) is 8.71. The summed E-state index contributed by atoms with van der Waals surface area (Å²) in [6, 6.07) is 4.59. The van der Waals surface area contributed by atoms with E-state index in [9.17, 15) is 14.4 Å². The Bertz CT molecular complexity index is 731. The van der Waals surface area contributed by atoms with E-state index in [0.717, 1.165) is 31.2 Å². The molecule has 0 spiro atoms. The number of benzene rings is 1. The molecule has 3 unspecified atom stereocenters. The lowest BCUT2D eigenvalue weighted by Gasteiger charge is -2.26. The number of carbonyl (C=O) groups excluding carboxylic acids is 3. The van der Waals surface area contributed by atoms with Gasteiger partial charge in [0.05, 0.1) is 22.5 Å². The normalized spacial score (nSPS) is 23.3. The van der Waals surface area contributed by atoms with Crippen molar-refractivity contribution in [2.24, 2.45) is 11.8 Å². The molecule has 1 aromatic carbocycles. The summed E-state index contributed by atoms with van der Waals surface area (Å²) >= 11 is 7.82. The Morgan fingerprint density at radius 3 is 2.44 bits per heavy atom. The van der Waals surface area contributed by atoms with Crippen LogP contribution >= 0.6 is 23.4 Å². The van der Waals surface area contributed by atoms with Crippen molar-refractivity contribution in [3.8, 4) is 0 Å². The van der Waals surface area contributed by atoms with E-state index in [1.165, 1.54) is 4.90 Å². The molecule has 0 radical (unpaired) electrons. The van der Waals surface area contributed by atoms with Crippen molar-refractivity contribution >= 4 is 46.8 Å². The Hall–Kier alpha value is -1.53. The van der Waals surface area contributed by atoms with Gasteiger partial charge in [-0.2, -0.15) is 11.8 Å². The number of amides is 3. The van der Waals surface area contributed by atoms with Crippen LogP contribution in [0.15, 0.2) is 18.2 Å². The molecule has 1 aromatic rings. The molecule has 1 heterocycles. The molecule has 0 aromatic heterocycles. The molecule has 1 saturated heterocycles. The molecule has 27 heavy (non-hydrogen) atoms. The van der Waals surface area contributed by atoms with E-state index in [1.807, 2.05) is 19.2 Å². The molecule has 0 bridgehead atoms. The van der Waals surface area contributed by atoms with Gasteiger partial charge in [0.25, 0.3) is 0 Å². The van der Waals surface area contributed by atoms with Crippen LogP contribution in [0.2, 0.25) is 5.02 Å². The van der Waals surface area contributed by atoms with Gasteiger partial charge in [0.2, 0.25) is 17.7 Å². The maximum Gasteiger partial charge on any atom is 0.247 e. The molecule has 2 aliphatic rings. The Kier molecular flexibility index (Phi) is 6.48. The maximum atomic E-state index is 13.0. The molecule has 2 fully saturated rings. The molecule has 146 valence electrons. The standard InChI is InChI=1S/C20H25ClN2O3S/c1-12-7-8-16(15(21)11-12)22-18(24)17(9-10-27-2)23-19(25)13-5-3-4-6-14(13)20(23)26/h7-8,11,13-14,17H,3-6,9-10H2,1-2H3,(H,22,24). The van der Waals surface area contributed by atoms with Gasteiger partial charge in [-0.15, -0.1) is 0 Å². The molecule has 3 atom stereocenters. The fraction of sp³-hybridized carbons (Fsp3) is 0.550. The first-order valence-electron chi connectivity index (χ1n) is 9.37. The summed E-state index contributed by atoms with van der Waals surface area (Å²) < 4.78 is 0. The lowest BCUT2D eigenvalue weighted by Crippen LogP contribution is -2.48. The number of hydrogen-bond donors (Lipinski definition) is 1. The Labute approximate surface area is 169 Å². The number of imide groups is 1. The smallest absolute Gasteiger partial charge is 0.247 e. The van der Waals surface area contributed by atoms with Crippen molar-refractivity contribution in [3.63, 3.8) is 0 Å². The topological polar surface area (TPSA) is 66.5 Å². The highest BCUT2D eigenvalue weighted by Crippen LogP contribution is 2.39. The second kappa shape index (κ2) is 8.65. The lowest BCUT2D eigenvalue weighted by molar-refractivity contribution is -0.146. The van der Waals surface area contributed by atoms with E-state index in [0.29, 0.717) is 22.9 Å². The lowest BCUT2D eigenvalue weighted by atomic mass is 9.81. The number of aryl methyl sites for hydroxylation is 1. The highest BCUT2D eigenvalue weighted by Gasteiger charge is 2.51. The van der Waals surface area contributed by atoms with Crippen LogP contribution in [-0.4, -0.2) is 40.7 Å². The summed E-state index contributed by atoms with van der Waals surface area (Å²) in [5.41, 5.74) is 1.49. The van der Waals surface area contributed by atoms with Gasteiger partial charge in [-0.05, 0) is 55.9 Å². The van der Waals surface area contributed by atoms with Crippen molar-refractivity contribution in [1.29, 1.82) is 0 Å². The van der Waals surface area contributed by atoms with E-state index < -0.39 is 6.04 Å². The molecule has 1 aliphatic heterocycles. The fourth-order valence-electron chi connectivity index (χ4n) is 4.04. The molecular weight excluding hydrogens is 384 g/mol. The van der Waals surface area contributed by atoms with Gasteiger partial charge in [0, 0.05) is 0 Å². The van der Waals surface area contributed by atoms with Gasteiger partial charge < -0.3 is 5.32 Å². The number of fused-ring (bicyclic) bond motifs is 1. The van der Waals surface area contributed by atoms with Crippen LogP contribution in [0.4, 0.5) is 5.69 Å². The third kappa shape index (κ3) is 4.16. The van der Waals surface area contributed by atoms with E-state index in [1.54, 1.807) is 23.9 Å². The van der Waals surface area contributed by atoms with Crippen LogP contribution < -0.4 is 5.32 Å². The average Bonchev–Trinajstić information content (AvgIpc) is 2.90. The number of rotatable bonds is 6. The SMILES string of the molecule is CSCCC(C(=O)Nc1ccc(C)cc1Cl)N1C(=O)C2CCCCC2C1=O. The summed E-state index contributed by atoms with van der Waals surface area (Å²) in [4.78, 5) is 40.1. The van der Waals surface area contributed by atoms with Crippen molar-refractivity contribution in [3.05, 3.63) is 28.8 Å². The van der Waals surface area contributed by atoms with Crippen LogP contribution in [0, 0.1) is 18.8 Å². The van der Waals surface area contributed by atoms with Gasteiger partial charge in [-0.1, -0.05) is 30.5 Å². The van der Waals surface area contributed by atoms with Crippen LogP contribution in [0.25, 0.3) is 0 Å². The summed E-state index contributed by atoms with van der Waals surface area (Å²) in [5, 5.41) is 3.26. The molecule has 1 N–H and O–H groups in total. The number of thioether (sulfide) groups is 1. The fourth-order valence-corrected chi connectivity index (χ4v) is 4.78. The molecule has 5 nitrogen and oxygen atoms in total. The first-order chi connectivity index (χ1) is 12.9. The van der Waals surface area contributed by atoms with E-state index in [4.69, 9.17) is 11.6 Å². The van der Waals surface area contributed by atoms with Crippen LogP contribution in [0.5, 0.6) is 0 Å². The number of hydrogen-bond acceptors (Lipinski definition) is 4. The van der Waals surface area contributed by atoms with Crippen molar-refractivity contribution < 1.29 is 14.4 Å². The second-order valence-electron chi connectivity index (χ2n) is 7.31. The third-order valence-electron chi connectivity index (χ3n) is 5.47. The van der Waals surface area contributed by atoms with Crippen molar-refractivity contribution in [1.82, 2.24) is 4.90 Å². The quantitative estimate of drug-likeness (QED) is 0.725. The Morgan fingerprint density at radius 1 is 1.26 bits per heavy atom. The molecule has 3 rings (SSSR count). The molecule has 3 amide bonds. The molecule has 7 heteroatoms. The third-order valence-corrected chi connectivity index (χ3v) is 6.42. The number of carbonyl (C=O) groups is 3. The predicted molar refractivity (Wildman–Crippen MR) is 109 cm³/mol. The predicted octanol–water partition coefficient (Wildman–Crippen LogP) is 3.88. The van der Waals surface area contributed by atoms with Gasteiger partial charge in [0.1, 0.15) is 6.04 Å². The van der Waals surface area contributed by atoms with E-state index >= 15 is 0 Å². The molecule has 1 aliphatic carbocycles. The molecular formula is C20H25ClN2O3S. The Balaban J connectivity index is 1.83. The highest BCUT2D eigenvalue weighted by molar-refractivity contribution is 7.98. The zero-order chi connectivity index (χ0) is 19.6. The zero-order valence-electron chi connectivity index (χ0n) is 15.7. The summed E-state index contributed by atoms with van der Waals surface area (Å²) in [5.74, 6) is -0.527. The Morgan fingerprint density at radius 2 is 1.89 bits per heavy atom. The number of halogens is 1. The van der Waals surface area contributed by atoms with Gasteiger partial charge in [0.15, 0.2) is 0 Å². The van der Waals surface area contributed by atoms with Gasteiger partial charge in [-0.25, -0.2) is 0 Å². The minimum atomic E-state index is -0.791. The minimum Gasteiger partial charge on any atom is -0.323 e. The largest absolute Gasteiger partial charge is 0.323 e. The average molecular weight is 409 g/mol. The van der Waals surface area contributed by atoms with Crippen LogP contribution in [-0.2, 0) is 14.4 Å². The number of nitrogens with zero attached hydrogens (tertiary/aromatic N) is 1. The number of anilines is 1. The molecule has 1 saturated carbocycles. The van der Waals surface area contributed by atoms with E-state index in [2.05, 4.69) is 5.32 Å². The van der Waals surface area contributed by atoms with E-state index in [-0.39, 0.29) is 29.6 Å². The van der Waals surface area contributed by atoms with Gasteiger partial charge >= 0.3 is 0 Å². The zero-order valence-corrected chi connectivity index (χ0v) is 17.2. The summed E-state index contributed by atoms with van der Waals surface area (Å²) in [7, 11) is 0. The van der Waals surface area contributed by atoms with Crippen LogP contribution in [0.3, 0.4) is 0 Å².